The molecule has 0 aliphatic carbocycles. The number of aryl methyl sites for hydroxylation is 1. The molecule has 2 aromatic rings. The molecule has 1 aliphatic rings. The van der Waals surface area contributed by atoms with E-state index in [0.717, 1.165) is 38.2 Å². The number of hydrogen-bond acceptors (Lipinski definition) is 5. The van der Waals surface area contributed by atoms with Crippen LogP contribution < -0.4 is 5.32 Å². The number of likely N-dealkylation sites (N-methyl/N-ethyl adjacent to an activating group) is 1. The Labute approximate surface area is 161 Å². The first kappa shape index (κ1) is 19.5. The molecular weight excluding hydrogens is 338 g/mol. The first-order chi connectivity index (χ1) is 13.0. The summed E-state index contributed by atoms with van der Waals surface area (Å²) < 4.78 is 0. The van der Waals surface area contributed by atoms with Crippen molar-refractivity contribution in [2.45, 2.75) is 26.3 Å². The molecule has 3 rings (SSSR count). The van der Waals surface area contributed by atoms with Gasteiger partial charge >= 0.3 is 0 Å². The van der Waals surface area contributed by atoms with Gasteiger partial charge in [0, 0.05) is 50.5 Å². The lowest BCUT2D eigenvalue weighted by molar-refractivity contribution is 0.0935. The summed E-state index contributed by atoms with van der Waals surface area (Å²) in [4.78, 5) is 26.3. The van der Waals surface area contributed by atoms with E-state index in [0.29, 0.717) is 29.7 Å². The molecule has 0 radical (unpaired) electrons. The fraction of sp³-hybridized carbons (Fsp3) is 0.476. The molecule has 1 amide bonds. The molecule has 1 aliphatic heterocycles. The molecule has 1 saturated heterocycles. The van der Waals surface area contributed by atoms with Gasteiger partial charge in [-0.1, -0.05) is 30.3 Å². The van der Waals surface area contributed by atoms with Crippen molar-refractivity contribution < 1.29 is 4.79 Å². The van der Waals surface area contributed by atoms with Crippen molar-refractivity contribution in [3.63, 3.8) is 0 Å². The second-order valence-electron chi connectivity index (χ2n) is 7.28. The number of piperazine rings is 1. The molecule has 0 bridgehead atoms. The van der Waals surface area contributed by atoms with Crippen LogP contribution in [-0.4, -0.2) is 71.5 Å². The van der Waals surface area contributed by atoms with Crippen LogP contribution in [0.25, 0.3) is 11.3 Å². The van der Waals surface area contributed by atoms with Crippen LogP contribution in [0, 0.1) is 6.92 Å². The second-order valence-corrected chi connectivity index (χ2v) is 7.28. The maximum atomic E-state index is 12.7. The molecule has 2 heterocycles. The molecule has 1 atom stereocenters. The van der Waals surface area contributed by atoms with E-state index in [-0.39, 0.29) is 5.91 Å². The number of aromatic nitrogens is 2. The van der Waals surface area contributed by atoms with E-state index >= 15 is 0 Å². The molecule has 1 fully saturated rings. The summed E-state index contributed by atoms with van der Waals surface area (Å²) in [7, 11) is 2.16. The van der Waals surface area contributed by atoms with Crippen LogP contribution in [-0.2, 0) is 0 Å². The fourth-order valence-corrected chi connectivity index (χ4v) is 3.39. The van der Waals surface area contributed by atoms with Crippen LogP contribution in [0.2, 0.25) is 0 Å². The zero-order valence-electron chi connectivity index (χ0n) is 16.5. The molecule has 6 heteroatoms. The number of rotatable bonds is 6. The van der Waals surface area contributed by atoms with Gasteiger partial charge in [-0.3, -0.25) is 9.69 Å². The summed E-state index contributed by atoms with van der Waals surface area (Å²) in [6.07, 6.45) is 2.56. The molecule has 0 spiro atoms. The molecule has 144 valence electrons. The van der Waals surface area contributed by atoms with Crippen LogP contribution in [0.3, 0.4) is 0 Å². The molecule has 1 aromatic heterocycles. The van der Waals surface area contributed by atoms with Crippen molar-refractivity contribution in [2.75, 3.05) is 39.8 Å². The first-order valence-corrected chi connectivity index (χ1v) is 9.64. The minimum Gasteiger partial charge on any atom is -0.352 e. The molecule has 27 heavy (non-hydrogen) atoms. The van der Waals surface area contributed by atoms with Crippen LogP contribution in [0.4, 0.5) is 0 Å². The van der Waals surface area contributed by atoms with E-state index in [9.17, 15) is 4.79 Å². The van der Waals surface area contributed by atoms with Crippen molar-refractivity contribution in [1.29, 1.82) is 0 Å². The number of carbonyl (C=O) groups is 1. The minimum absolute atomic E-state index is 0.112. The lowest BCUT2D eigenvalue weighted by Gasteiger charge is -2.36. The van der Waals surface area contributed by atoms with Crippen molar-refractivity contribution in [1.82, 2.24) is 25.1 Å². The Morgan fingerprint density at radius 3 is 2.59 bits per heavy atom. The Balaban J connectivity index is 1.60. The maximum absolute atomic E-state index is 12.7. The van der Waals surface area contributed by atoms with Gasteiger partial charge < -0.3 is 10.2 Å². The average Bonchev–Trinajstić information content (AvgIpc) is 2.69. The van der Waals surface area contributed by atoms with Gasteiger partial charge in [-0.15, -0.1) is 0 Å². The van der Waals surface area contributed by atoms with E-state index in [1.54, 1.807) is 6.20 Å². The maximum Gasteiger partial charge on any atom is 0.255 e. The lowest BCUT2D eigenvalue weighted by atomic mass is 10.1. The quantitative estimate of drug-likeness (QED) is 0.848. The van der Waals surface area contributed by atoms with Gasteiger partial charge in [0.05, 0.1) is 11.3 Å². The largest absolute Gasteiger partial charge is 0.352 e. The van der Waals surface area contributed by atoms with E-state index in [1.807, 2.05) is 37.3 Å². The number of hydrogen-bond donors (Lipinski definition) is 1. The summed E-state index contributed by atoms with van der Waals surface area (Å²) in [5.74, 6) is 0.550. The molecular formula is C21H29N5O. The minimum atomic E-state index is -0.112. The summed E-state index contributed by atoms with van der Waals surface area (Å²) in [5, 5.41) is 3.05. The Morgan fingerprint density at radius 2 is 1.89 bits per heavy atom. The highest BCUT2D eigenvalue weighted by Crippen LogP contribution is 2.21. The Bertz CT molecular complexity index is 756. The average molecular weight is 367 g/mol. The number of carbonyl (C=O) groups excluding carboxylic acids is 1. The van der Waals surface area contributed by atoms with Gasteiger partial charge in [0.15, 0.2) is 0 Å². The van der Waals surface area contributed by atoms with Crippen molar-refractivity contribution >= 4 is 5.91 Å². The predicted molar refractivity (Wildman–Crippen MR) is 108 cm³/mol. The highest BCUT2D eigenvalue weighted by Gasteiger charge is 2.20. The first-order valence-electron chi connectivity index (χ1n) is 9.64. The predicted octanol–water partition coefficient (Wildman–Crippen LogP) is 2.21. The standard InChI is InChI=1S/C21H29N5O/c1-16(26-13-11-25(3)12-14-26)9-10-22-21(27)19-15-23-17(2)24-20(19)18-7-5-4-6-8-18/h4-8,15-16H,9-14H2,1-3H3,(H,22,27)/t16-/m1/s1. The summed E-state index contributed by atoms with van der Waals surface area (Å²) >= 11 is 0. The normalized spacial score (nSPS) is 16.9. The molecule has 0 unspecified atom stereocenters. The third-order valence-corrected chi connectivity index (χ3v) is 5.21. The smallest absolute Gasteiger partial charge is 0.255 e. The van der Waals surface area contributed by atoms with Crippen LogP contribution in [0.1, 0.15) is 29.5 Å². The van der Waals surface area contributed by atoms with Crippen LogP contribution in [0.15, 0.2) is 36.5 Å². The van der Waals surface area contributed by atoms with Crippen molar-refractivity contribution in [3.8, 4) is 11.3 Å². The van der Waals surface area contributed by atoms with Crippen LogP contribution in [0.5, 0.6) is 0 Å². The van der Waals surface area contributed by atoms with Gasteiger partial charge in [0.1, 0.15) is 5.82 Å². The molecule has 0 saturated carbocycles. The van der Waals surface area contributed by atoms with E-state index in [2.05, 4.69) is 39.1 Å². The number of amides is 1. The SMILES string of the molecule is Cc1ncc(C(=O)NCC[C@@H](C)N2CCN(C)CC2)c(-c2ccccc2)n1. The summed E-state index contributed by atoms with van der Waals surface area (Å²) in [6.45, 7) is 9.13. The van der Waals surface area contributed by atoms with Gasteiger partial charge in [0.2, 0.25) is 0 Å². The third-order valence-electron chi connectivity index (χ3n) is 5.21. The molecule has 1 aromatic carbocycles. The lowest BCUT2D eigenvalue weighted by Crippen LogP contribution is -2.48. The Morgan fingerprint density at radius 1 is 1.19 bits per heavy atom. The van der Waals surface area contributed by atoms with Gasteiger partial charge in [-0.05, 0) is 27.3 Å². The second kappa shape index (κ2) is 9.06. The van der Waals surface area contributed by atoms with E-state index in [4.69, 9.17) is 0 Å². The van der Waals surface area contributed by atoms with Gasteiger partial charge in [-0.25, -0.2) is 9.97 Å². The molecule has 6 nitrogen and oxygen atoms in total. The van der Waals surface area contributed by atoms with Gasteiger partial charge in [0.25, 0.3) is 5.91 Å². The molecule has 1 N–H and O–H groups in total. The topological polar surface area (TPSA) is 61.4 Å². The number of nitrogens with zero attached hydrogens (tertiary/aromatic N) is 4. The Kier molecular flexibility index (Phi) is 6.53. The van der Waals surface area contributed by atoms with Crippen molar-refractivity contribution in [3.05, 3.63) is 47.9 Å². The van der Waals surface area contributed by atoms with E-state index < -0.39 is 0 Å². The highest BCUT2D eigenvalue weighted by atomic mass is 16.1. The van der Waals surface area contributed by atoms with E-state index in [1.165, 1.54) is 0 Å². The summed E-state index contributed by atoms with van der Waals surface area (Å²) in [6, 6.07) is 10.2. The number of nitrogens with one attached hydrogen (secondary N) is 1. The highest BCUT2D eigenvalue weighted by molar-refractivity contribution is 5.99. The summed E-state index contributed by atoms with van der Waals surface area (Å²) in [5.41, 5.74) is 2.14. The fourth-order valence-electron chi connectivity index (χ4n) is 3.39. The third kappa shape index (κ3) is 5.11. The zero-order chi connectivity index (χ0) is 19.2. The zero-order valence-corrected chi connectivity index (χ0v) is 16.5. The monoisotopic (exact) mass is 367 g/mol. The number of benzene rings is 1. The Hall–Kier alpha value is -2.31. The van der Waals surface area contributed by atoms with Gasteiger partial charge in [-0.2, -0.15) is 0 Å². The van der Waals surface area contributed by atoms with Crippen LogP contribution >= 0.6 is 0 Å². The van der Waals surface area contributed by atoms with Crippen molar-refractivity contribution in [2.24, 2.45) is 0 Å².